The molecule has 0 atom stereocenters. The molecule has 114 valence electrons. The third kappa shape index (κ3) is 6.16. The van der Waals surface area contributed by atoms with Gasteiger partial charge in [-0.3, -0.25) is 9.67 Å². The second-order valence-electron chi connectivity index (χ2n) is 4.57. The van der Waals surface area contributed by atoms with Crippen molar-refractivity contribution in [2.45, 2.75) is 26.3 Å². The third-order valence-corrected chi connectivity index (χ3v) is 3.02. The molecule has 0 saturated heterocycles. The molecular weight excluding hydrogens is 377 g/mol. The molecule has 0 amide bonds. The fourth-order valence-corrected chi connectivity index (χ4v) is 1.88. The maximum Gasteiger partial charge on any atom is 0.193 e. The first-order chi connectivity index (χ1) is 9.78. The van der Waals surface area contributed by atoms with E-state index in [4.69, 9.17) is 5.73 Å². The van der Waals surface area contributed by atoms with Crippen molar-refractivity contribution in [3.05, 3.63) is 48.3 Å². The quantitative estimate of drug-likeness (QED) is 0.340. The first kappa shape index (κ1) is 17.5. The Morgan fingerprint density at radius 3 is 2.71 bits per heavy atom. The van der Waals surface area contributed by atoms with Crippen LogP contribution in [-0.2, 0) is 13.0 Å². The van der Waals surface area contributed by atoms with Gasteiger partial charge in [-0.25, -0.2) is 0 Å². The second kappa shape index (κ2) is 9.38. The zero-order valence-corrected chi connectivity index (χ0v) is 14.5. The maximum atomic E-state index is 5.85. The molecule has 0 unspecified atom stereocenters. The number of guanidine groups is 1. The van der Waals surface area contributed by atoms with Crippen LogP contribution in [0.5, 0.6) is 0 Å². The molecule has 1 heterocycles. The summed E-state index contributed by atoms with van der Waals surface area (Å²) in [5.74, 6) is 0.453. The lowest BCUT2D eigenvalue weighted by molar-refractivity contribution is 0.585. The van der Waals surface area contributed by atoms with Gasteiger partial charge in [-0.05, 0) is 36.6 Å². The third-order valence-electron chi connectivity index (χ3n) is 3.02. The predicted molar refractivity (Wildman–Crippen MR) is 98.2 cm³/mol. The van der Waals surface area contributed by atoms with Crippen molar-refractivity contribution in [2.75, 3.05) is 11.9 Å². The maximum absolute atomic E-state index is 5.85. The topological polar surface area (TPSA) is 68.2 Å². The molecule has 0 aliphatic rings. The van der Waals surface area contributed by atoms with E-state index in [1.54, 1.807) is 6.20 Å². The minimum absolute atomic E-state index is 0. The molecule has 3 N–H and O–H groups in total. The van der Waals surface area contributed by atoms with Crippen LogP contribution in [0.3, 0.4) is 0 Å². The number of rotatable bonds is 6. The summed E-state index contributed by atoms with van der Waals surface area (Å²) in [6.45, 7) is 3.68. The van der Waals surface area contributed by atoms with Crippen LogP contribution in [0.2, 0.25) is 0 Å². The molecule has 0 spiro atoms. The Hall–Kier alpha value is -1.57. The molecule has 1 aromatic heterocycles. The number of aryl methyl sites for hydroxylation is 2. The Morgan fingerprint density at radius 2 is 2.10 bits per heavy atom. The Balaban J connectivity index is 0.00000220. The van der Waals surface area contributed by atoms with Crippen LogP contribution in [0.4, 0.5) is 5.69 Å². The zero-order chi connectivity index (χ0) is 14.2. The number of halogens is 1. The van der Waals surface area contributed by atoms with Crippen molar-refractivity contribution in [3.8, 4) is 0 Å². The van der Waals surface area contributed by atoms with E-state index in [0.29, 0.717) is 12.5 Å². The van der Waals surface area contributed by atoms with E-state index in [-0.39, 0.29) is 24.0 Å². The van der Waals surface area contributed by atoms with Crippen LogP contribution in [0.25, 0.3) is 0 Å². The second-order valence-corrected chi connectivity index (χ2v) is 4.57. The van der Waals surface area contributed by atoms with Crippen molar-refractivity contribution in [3.63, 3.8) is 0 Å². The Morgan fingerprint density at radius 1 is 1.33 bits per heavy atom. The number of hydrogen-bond acceptors (Lipinski definition) is 2. The summed E-state index contributed by atoms with van der Waals surface area (Å²) in [5.41, 5.74) is 8.13. The molecule has 1 aromatic carbocycles. The van der Waals surface area contributed by atoms with Crippen molar-refractivity contribution in [1.82, 2.24) is 9.78 Å². The van der Waals surface area contributed by atoms with Gasteiger partial charge in [0.1, 0.15) is 0 Å². The molecule has 0 radical (unpaired) electrons. The lowest BCUT2D eigenvalue weighted by Gasteiger charge is -2.06. The summed E-state index contributed by atoms with van der Waals surface area (Å²) in [6.07, 6.45) is 5.68. The van der Waals surface area contributed by atoms with Crippen molar-refractivity contribution in [2.24, 2.45) is 10.7 Å². The summed E-state index contributed by atoms with van der Waals surface area (Å²) in [5, 5.41) is 7.23. The molecule has 0 aliphatic carbocycles. The molecule has 6 heteroatoms. The summed E-state index contributed by atoms with van der Waals surface area (Å²) in [4.78, 5) is 4.30. The average molecular weight is 399 g/mol. The van der Waals surface area contributed by atoms with Gasteiger partial charge in [0, 0.05) is 31.2 Å². The first-order valence-corrected chi connectivity index (χ1v) is 6.91. The first-order valence-electron chi connectivity index (χ1n) is 6.91. The minimum atomic E-state index is 0. The van der Waals surface area contributed by atoms with E-state index in [1.807, 2.05) is 29.1 Å². The summed E-state index contributed by atoms with van der Waals surface area (Å²) < 4.78 is 1.89. The minimum Gasteiger partial charge on any atom is -0.370 e. The van der Waals surface area contributed by atoms with Gasteiger partial charge in [0.05, 0.1) is 0 Å². The van der Waals surface area contributed by atoms with E-state index in [9.17, 15) is 0 Å². The summed E-state index contributed by atoms with van der Waals surface area (Å²) in [7, 11) is 0. The number of anilines is 1. The lowest BCUT2D eigenvalue weighted by Crippen LogP contribution is -2.23. The van der Waals surface area contributed by atoms with Crippen molar-refractivity contribution < 1.29 is 0 Å². The largest absolute Gasteiger partial charge is 0.370 e. The number of aromatic nitrogens is 2. The van der Waals surface area contributed by atoms with Gasteiger partial charge < -0.3 is 11.1 Å². The van der Waals surface area contributed by atoms with Gasteiger partial charge in [-0.15, -0.1) is 24.0 Å². The summed E-state index contributed by atoms with van der Waals surface area (Å²) >= 11 is 0. The predicted octanol–water partition coefficient (Wildman–Crippen LogP) is 2.88. The highest BCUT2D eigenvalue weighted by atomic mass is 127. The van der Waals surface area contributed by atoms with E-state index in [0.717, 1.165) is 25.1 Å². The standard InChI is InChI=1S/C15H21N5.HI/c1-2-13-5-7-14(8-6-13)19-15(16)17-9-3-11-20-12-4-10-18-20;/h4-8,10,12H,2-3,9,11H2,1H3,(H3,16,17,19);1H. The highest BCUT2D eigenvalue weighted by Crippen LogP contribution is 2.09. The van der Waals surface area contributed by atoms with Crippen molar-refractivity contribution >= 4 is 35.6 Å². The van der Waals surface area contributed by atoms with Crippen LogP contribution in [0.1, 0.15) is 18.9 Å². The average Bonchev–Trinajstić information content (AvgIpc) is 2.98. The Bertz CT molecular complexity index is 534. The van der Waals surface area contributed by atoms with Gasteiger partial charge in [0.2, 0.25) is 0 Å². The number of nitrogens with zero attached hydrogens (tertiary/aromatic N) is 3. The van der Waals surface area contributed by atoms with Gasteiger partial charge in [-0.2, -0.15) is 5.10 Å². The van der Waals surface area contributed by atoms with Crippen LogP contribution in [-0.4, -0.2) is 22.3 Å². The fraction of sp³-hybridized carbons (Fsp3) is 0.333. The van der Waals surface area contributed by atoms with Gasteiger partial charge >= 0.3 is 0 Å². The van der Waals surface area contributed by atoms with Crippen LogP contribution < -0.4 is 11.1 Å². The fourth-order valence-electron chi connectivity index (χ4n) is 1.88. The molecule has 21 heavy (non-hydrogen) atoms. The molecular formula is C15H22IN5. The number of aliphatic imine (C=N–C) groups is 1. The Labute approximate surface area is 142 Å². The van der Waals surface area contributed by atoms with Crippen LogP contribution >= 0.6 is 24.0 Å². The molecule has 0 bridgehead atoms. The highest BCUT2D eigenvalue weighted by Gasteiger charge is 1.96. The molecule has 2 aromatic rings. The van der Waals surface area contributed by atoms with E-state index < -0.39 is 0 Å². The van der Waals surface area contributed by atoms with Crippen molar-refractivity contribution in [1.29, 1.82) is 0 Å². The zero-order valence-electron chi connectivity index (χ0n) is 12.2. The van der Waals surface area contributed by atoms with Gasteiger partial charge in [-0.1, -0.05) is 19.1 Å². The highest BCUT2D eigenvalue weighted by molar-refractivity contribution is 14.0. The Kier molecular flexibility index (Phi) is 7.81. The molecule has 0 saturated carbocycles. The van der Waals surface area contributed by atoms with Crippen LogP contribution in [0.15, 0.2) is 47.7 Å². The normalized spacial score (nSPS) is 11.0. The monoisotopic (exact) mass is 399 g/mol. The smallest absolute Gasteiger partial charge is 0.193 e. The molecule has 0 fully saturated rings. The van der Waals surface area contributed by atoms with Gasteiger partial charge in [0.15, 0.2) is 5.96 Å². The summed E-state index contributed by atoms with van der Waals surface area (Å²) in [6, 6.07) is 10.1. The number of hydrogen-bond donors (Lipinski definition) is 2. The SMILES string of the molecule is CCc1ccc(NC(N)=NCCCn2cccn2)cc1.I. The van der Waals surface area contributed by atoms with E-state index in [2.05, 4.69) is 34.5 Å². The number of nitrogens with two attached hydrogens (primary N) is 1. The number of benzene rings is 1. The molecule has 2 rings (SSSR count). The molecule has 0 aliphatic heterocycles. The number of nitrogens with one attached hydrogen (secondary N) is 1. The van der Waals surface area contributed by atoms with Gasteiger partial charge in [0.25, 0.3) is 0 Å². The molecule has 5 nitrogen and oxygen atoms in total. The van der Waals surface area contributed by atoms with E-state index in [1.165, 1.54) is 5.56 Å². The lowest BCUT2D eigenvalue weighted by atomic mass is 10.1. The van der Waals surface area contributed by atoms with E-state index >= 15 is 0 Å². The van der Waals surface area contributed by atoms with Crippen LogP contribution in [0, 0.1) is 0 Å².